The molecule has 0 saturated carbocycles. The average Bonchev–Trinajstić information content (AvgIpc) is 2.66. The Morgan fingerprint density at radius 3 is 3.12 bits per heavy atom. The van der Waals surface area contributed by atoms with Gasteiger partial charge in [0.1, 0.15) is 5.75 Å². The maximum atomic E-state index is 9.39. The van der Waals surface area contributed by atoms with Crippen molar-refractivity contribution in [3.8, 4) is 5.75 Å². The molecule has 88 valence electrons. The molecule has 0 radical (unpaired) electrons. The van der Waals surface area contributed by atoms with Gasteiger partial charge in [0, 0.05) is 13.2 Å². The molecule has 1 aromatic rings. The predicted octanol–water partition coefficient (Wildman–Crippen LogP) is 1.56. The highest BCUT2D eigenvalue weighted by atomic mass is 16.5. The Hall–Kier alpha value is -1.06. The quantitative estimate of drug-likeness (QED) is 0.810. The number of rotatable bonds is 4. The lowest BCUT2D eigenvalue weighted by atomic mass is 9.97. The van der Waals surface area contributed by atoms with Crippen molar-refractivity contribution in [2.45, 2.75) is 18.9 Å². The molecule has 2 rings (SSSR count). The van der Waals surface area contributed by atoms with Crippen molar-refractivity contribution in [1.82, 2.24) is 5.32 Å². The summed E-state index contributed by atoms with van der Waals surface area (Å²) in [5.74, 6) is 1.01. The zero-order chi connectivity index (χ0) is 11.4. The van der Waals surface area contributed by atoms with E-state index in [1.807, 2.05) is 12.1 Å². The van der Waals surface area contributed by atoms with Gasteiger partial charge in [-0.05, 0) is 43.0 Å². The number of phenolic OH excluding ortho intramolecular Hbond substituents is 1. The molecule has 3 heteroatoms. The van der Waals surface area contributed by atoms with Crippen molar-refractivity contribution in [1.29, 1.82) is 0 Å². The van der Waals surface area contributed by atoms with Crippen LogP contribution in [0, 0.1) is 5.92 Å². The van der Waals surface area contributed by atoms with E-state index in [1.165, 1.54) is 5.56 Å². The minimum atomic E-state index is 0.358. The smallest absolute Gasteiger partial charge is 0.115 e. The first kappa shape index (κ1) is 11.4. The molecular weight excluding hydrogens is 202 g/mol. The van der Waals surface area contributed by atoms with Crippen LogP contribution >= 0.6 is 0 Å². The molecule has 0 amide bonds. The van der Waals surface area contributed by atoms with E-state index in [0.717, 1.165) is 26.0 Å². The van der Waals surface area contributed by atoms with E-state index < -0.39 is 0 Å². The largest absolute Gasteiger partial charge is 0.508 e. The number of ether oxygens (including phenoxy) is 1. The molecule has 2 unspecified atom stereocenters. The van der Waals surface area contributed by atoms with Gasteiger partial charge < -0.3 is 15.2 Å². The summed E-state index contributed by atoms with van der Waals surface area (Å²) >= 11 is 0. The van der Waals surface area contributed by atoms with Crippen LogP contribution in [0.4, 0.5) is 0 Å². The molecule has 1 aliphatic rings. The number of hydrogen-bond acceptors (Lipinski definition) is 3. The average molecular weight is 221 g/mol. The van der Waals surface area contributed by atoms with E-state index in [9.17, 15) is 5.11 Å². The van der Waals surface area contributed by atoms with Crippen molar-refractivity contribution < 1.29 is 9.84 Å². The van der Waals surface area contributed by atoms with Crippen LogP contribution in [0.15, 0.2) is 24.3 Å². The number of aromatic hydroxyl groups is 1. The van der Waals surface area contributed by atoms with E-state index >= 15 is 0 Å². The van der Waals surface area contributed by atoms with Gasteiger partial charge in [0.2, 0.25) is 0 Å². The number of nitrogens with one attached hydrogen (secondary N) is 1. The molecule has 2 N–H and O–H groups in total. The lowest BCUT2D eigenvalue weighted by Crippen LogP contribution is -2.25. The van der Waals surface area contributed by atoms with Crippen LogP contribution in [-0.2, 0) is 11.2 Å². The predicted molar refractivity (Wildman–Crippen MR) is 63.6 cm³/mol. The minimum absolute atomic E-state index is 0.358. The summed E-state index contributed by atoms with van der Waals surface area (Å²) in [6.07, 6.45) is 2.19. The molecule has 0 aromatic heterocycles. The summed E-state index contributed by atoms with van der Waals surface area (Å²) in [5, 5.41) is 12.8. The van der Waals surface area contributed by atoms with E-state index in [-0.39, 0.29) is 0 Å². The highest BCUT2D eigenvalue weighted by Crippen LogP contribution is 2.21. The van der Waals surface area contributed by atoms with Gasteiger partial charge in [0.05, 0.1) is 6.61 Å². The first-order valence-corrected chi connectivity index (χ1v) is 5.78. The van der Waals surface area contributed by atoms with Gasteiger partial charge >= 0.3 is 0 Å². The standard InChI is InChI=1S/C13H19NO2/c1-16-9-12-6-11(8-14-12)5-10-3-2-4-13(15)7-10/h2-4,7,11-12,14-15H,5-6,8-9H2,1H3. The summed E-state index contributed by atoms with van der Waals surface area (Å²) < 4.78 is 5.14. The Morgan fingerprint density at radius 2 is 2.38 bits per heavy atom. The molecule has 16 heavy (non-hydrogen) atoms. The van der Waals surface area contributed by atoms with Gasteiger partial charge in [-0.3, -0.25) is 0 Å². The van der Waals surface area contributed by atoms with Gasteiger partial charge in [0.25, 0.3) is 0 Å². The van der Waals surface area contributed by atoms with Crippen LogP contribution in [0.2, 0.25) is 0 Å². The van der Waals surface area contributed by atoms with Gasteiger partial charge in [-0.2, -0.15) is 0 Å². The highest BCUT2D eigenvalue weighted by Gasteiger charge is 2.23. The second-order valence-corrected chi connectivity index (χ2v) is 4.54. The first-order valence-electron chi connectivity index (χ1n) is 5.78. The molecule has 1 aliphatic heterocycles. The van der Waals surface area contributed by atoms with Gasteiger partial charge in [0.15, 0.2) is 0 Å². The number of benzene rings is 1. The maximum absolute atomic E-state index is 9.39. The third kappa shape index (κ3) is 2.97. The molecule has 0 bridgehead atoms. The lowest BCUT2D eigenvalue weighted by molar-refractivity contribution is 0.172. The lowest BCUT2D eigenvalue weighted by Gasteiger charge is -2.09. The van der Waals surface area contributed by atoms with Crippen molar-refractivity contribution in [2.24, 2.45) is 5.92 Å². The Labute approximate surface area is 96.4 Å². The first-order chi connectivity index (χ1) is 7.78. The summed E-state index contributed by atoms with van der Waals surface area (Å²) in [7, 11) is 1.74. The van der Waals surface area contributed by atoms with Crippen molar-refractivity contribution in [3.63, 3.8) is 0 Å². The van der Waals surface area contributed by atoms with E-state index in [1.54, 1.807) is 13.2 Å². The van der Waals surface area contributed by atoms with Crippen molar-refractivity contribution in [2.75, 3.05) is 20.3 Å². The Bertz CT molecular complexity index is 340. The van der Waals surface area contributed by atoms with Gasteiger partial charge in [-0.15, -0.1) is 0 Å². The molecule has 1 aromatic carbocycles. The van der Waals surface area contributed by atoms with Crippen LogP contribution in [0.25, 0.3) is 0 Å². The van der Waals surface area contributed by atoms with Crippen molar-refractivity contribution >= 4 is 0 Å². The highest BCUT2D eigenvalue weighted by molar-refractivity contribution is 5.27. The Morgan fingerprint density at radius 1 is 1.50 bits per heavy atom. The minimum Gasteiger partial charge on any atom is -0.508 e. The van der Waals surface area contributed by atoms with Crippen LogP contribution in [0.5, 0.6) is 5.75 Å². The fourth-order valence-electron chi connectivity index (χ4n) is 2.40. The van der Waals surface area contributed by atoms with Gasteiger partial charge in [-0.25, -0.2) is 0 Å². The molecule has 1 fully saturated rings. The number of phenols is 1. The topological polar surface area (TPSA) is 41.5 Å². The molecule has 0 aliphatic carbocycles. The Kier molecular flexibility index (Phi) is 3.80. The fourth-order valence-corrected chi connectivity index (χ4v) is 2.40. The van der Waals surface area contributed by atoms with Crippen LogP contribution < -0.4 is 5.32 Å². The number of methoxy groups -OCH3 is 1. The fraction of sp³-hybridized carbons (Fsp3) is 0.538. The molecule has 1 saturated heterocycles. The normalized spacial score (nSPS) is 24.8. The van der Waals surface area contributed by atoms with Crippen LogP contribution in [0.1, 0.15) is 12.0 Å². The van der Waals surface area contributed by atoms with E-state index in [2.05, 4.69) is 11.4 Å². The van der Waals surface area contributed by atoms with E-state index in [4.69, 9.17) is 4.74 Å². The molecule has 1 heterocycles. The molecule has 0 spiro atoms. The zero-order valence-electron chi connectivity index (χ0n) is 9.65. The zero-order valence-corrected chi connectivity index (χ0v) is 9.65. The summed E-state index contributed by atoms with van der Waals surface area (Å²) in [5.41, 5.74) is 1.21. The SMILES string of the molecule is COCC1CC(Cc2cccc(O)c2)CN1. The molecule has 3 nitrogen and oxygen atoms in total. The molecule has 2 atom stereocenters. The second kappa shape index (κ2) is 5.32. The van der Waals surface area contributed by atoms with Crippen molar-refractivity contribution in [3.05, 3.63) is 29.8 Å². The van der Waals surface area contributed by atoms with E-state index in [0.29, 0.717) is 17.7 Å². The monoisotopic (exact) mass is 221 g/mol. The van der Waals surface area contributed by atoms with Crippen LogP contribution in [0.3, 0.4) is 0 Å². The third-order valence-electron chi connectivity index (χ3n) is 3.12. The van der Waals surface area contributed by atoms with Gasteiger partial charge in [-0.1, -0.05) is 12.1 Å². The molecular formula is C13H19NO2. The third-order valence-corrected chi connectivity index (χ3v) is 3.12. The summed E-state index contributed by atoms with van der Waals surface area (Å²) in [6, 6.07) is 8.03. The summed E-state index contributed by atoms with van der Waals surface area (Å²) in [6.45, 7) is 1.83. The second-order valence-electron chi connectivity index (χ2n) is 4.54. The van der Waals surface area contributed by atoms with Crippen LogP contribution in [-0.4, -0.2) is 31.4 Å². The Balaban J connectivity index is 1.87. The number of hydrogen-bond donors (Lipinski definition) is 2. The maximum Gasteiger partial charge on any atom is 0.115 e. The summed E-state index contributed by atoms with van der Waals surface area (Å²) in [4.78, 5) is 0.